The molecule has 20 heavy (non-hydrogen) atoms. The highest BCUT2D eigenvalue weighted by atomic mass is 28.4. The molecule has 3 aliphatic carbocycles. The molecule has 0 aliphatic heterocycles. The number of hydrogen-bond donors (Lipinski definition) is 0. The van der Waals surface area contributed by atoms with Gasteiger partial charge in [-0.05, 0) is 63.5 Å². The minimum atomic E-state index is -2.14. The molecule has 2 saturated carbocycles. The second kappa shape index (κ2) is 6.33. The SMILES string of the molecule is CCO[Si](OCC)(C1=C2CCC(C2)C1)C1CCCCC1. The summed E-state index contributed by atoms with van der Waals surface area (Å²) in [6, 6.07) is 0. The normalized spacial score (nSPS) is 27.6. The Kier molecular flexibility index (Phi) is 4.68. The van der Waals surface area contributed by atoms with Crippen LogP contribution in [0.2, 0.25) is 5.54 Å². The second-order valence-corrected chi connectivity index (χ2v) is 10.1. The van der Waals surface area contributed by atoms with Gasteiger partial charge in [0, 0.05) is 18.8 Å². The third kappa shape index (κ3) is 2.53. The van der Waals surface area contributed by atoms with Crippen LogP contribution in [0.15, 0.2) is 10.8 Å². The van der Waals surface area contributed by atoms with E-state index >= 15 is 0 Å². The van der Waals surface area contributed by atoms with Crippen LogP contribution < -0.4 is 0 Å². The number of hydrogen-bond acceptors (Lipinski definition) is 2. The van der Waals surface area contributed by atoms with Crippen LogP contribution in [0.25, 0.3) is 0 Å². The van der Waals surface area contributed by atoms with Crippen LogP contribution in [0.5, 0.6) is 0 Å². The predicted molar refractivity (Wildman–Crippen MR) is 84.8 cm³/mol. The minimum absolute atomic E-state index is 0.720. The maximum absolute atomic E-state index is 6.50. The van der Waals surface area contributed by atoms with Crippen LogP contribution in [0.3, 0.4) is 0 Å². The molecule has 3 aliphatic rings. The van der Waals surface area contributed by atoms with E-state index in [1.807, 2.05) is 0 Å². The molecule has 3 heteroatoms. The van der Waals surface area contributed by atoms with E-state index in [4.69, 9.17) is 8.85 Å². The molecule has 2 fully saturated rings. The van der Waals surface area contributed by atoms with Gasteiger partial charge in [0.25, 0.3) is 0 Å². The van der Waals surface area contributed by atoms with Crippen molar-refractivity contribution in [3.63, 3.8) is 0 Å². The van der Waals surface area contributed by atoms with Crippen molar-refractivity contribution in [2.45, 2.75) is 77.2 Å². The smallest absolute Gasteiger partial charge is 0.371 e. The summed E-state index contributed by atoms with van der Waals surface area (Å²) >= 11 is 0. The molecule has 0 amide bonds. The Hall–Kier alpha value is -0.123. The van der Waals surface area contributed by atoms with Crippen molar-refractivity contribution in [2.75, 3.05) is 13.2 Å². The van der Waals surface area contributed by atoms with E-state index in [0.29, 0.717) is 0 Å². The molecular weight excluding hydrogens is 264 g/mol. The monoisotopic (exact) mass is 294 g/mol. The summed E-state index contributed by atoms with van der Waals surface area (Å²) in [4.78, 5) is 0. The highest BCUT2D eigenvalue weighted by Gasteiger charge is 2.53. The molecule has 0 heterocycles. The highest BCUT2D eigenvalue weighted by Crippen LogP contribution is 2.52. The Balaban J connectivity index is 1.92. The fraction of sp³-hybridized carbons (Fsp3) is 0.882. The zero-order chi connectivity index (χ0) is 14.0. The summed E-state index contributed by atoms with van der Waals surface area (Å²) in [5.74, 6) is 0.927. The van der Waals surface area contributed by atoms with Gasteiger partial charge in [-0.25, -0.2) is 0 Å². The molecule has 0 N–H and O–H groups in total. The summed E-state index contributed by atoms with van der Waals surface area (Å²) in [6.07, 6.45) is 12.3. The maximum atomic E-state index is 6.50. The highest BCUT2D eigenvalue weighted by molar-refractivity contribution is 6.76. The topological polar surface area (TPSA) is 18.5 Å². The number of rotatable bonds is 6. The summed E-state index contributed by atoms with van der Waals surface area (Å²) in [6.45, 7) is 5.96. The minimum Gasteiger partial charge on any atom is -0.391 e. The lowest BCUT2D eigenvalue weighted by molar-refractivity contribution is 0.171. The fourth-order valence-corrected chi connectivity index (χ4v) is 9.53. The third-order valence-corrected chi connectivity index (χ3v) is 10.1. The Labute approximate surface area is 125 Å². The van der Waals surface area contributed by atoms with Crippen molar-refractivity contribution in [3.8, 4) is 0 Å². The first kappa shape index (κ1) is 14.8. The summed E-state index contributed by atoms with van der Waals surface area (Å²) in [5, 5.41) is 1.70. The largest absolute Gasteiger partial charge is 0.391 e. The van der Waals surface area contributed by atoms with E-state index in [-0.39, 0.29) is 0 Å². The standard InChI is InChI=1S/C17H30O2Si/c1-3-18-20(19-4-2,16-8-6-5-7-9-16)17-13-14-10-11-15(17)12-14/h14,16H,3-13H2,1-2H3. The van der Waals surface area contributed by atoms with Crippen LogP contribution in [0, 0.1) is 5.92 Å². The van der Waals surface area contributed by atoms with Crippen LogP contribution >= 0.6 is 0 Å². The number of fused-ring (bicyclic) bond motifs is 2. The van der Waals surface area contributed by atoms with Gasteiger partial charge in [0.2, 0.25) is 0 Å². The lowest BCUT2D eigenvalue weighted by Crippen LogP contribution is -2.50. The van der Waals surface area contributed by atoms with Crippen molar-refractivity contribution in [1.29, 1.82) is 0 Å². The maximum Gasteiger partial charge on any atom is 0.371 e. The zero-order valence-electron chi connectivity index (χ0n) is 13.2. The molecule has 0 aromatic rings. The van der Waals surface area contributed by atoms with Gasteiger partial charge in [-0.2, -0.15) is 0 Å². The molecular formula is C17H30O2Si. The van der Waals surface area contributed by atoms with E-state index in [1.54, 1.807) is 10.8 Å². The van der Waals surface area contributed by atoms with Gasteiger partial charge in [-0.3, -0.25) is 0 Å². The van der Waals surface area contributed by atoms with Crippen LogP contribution in [0.1, 0.15) is 71.6 Å². The van der Waals surface area contributed by atoms with E-state index in [0.717, 1.165) is 24.7 Å². The molecule has 0 aromatic heterocycles. The molecule has 2 bridgehead atoms. The van der Waals surface area contributed by atoms with Gasteiger partial charge in [-0.15, -0.1) is 0 Å². The van der Waals surface area contributed by atoms with Gasteiger partial charge >= 0.3 is 8.56 Å². The zero-order valence-corrected chi connectivity index (χ0v) is 14.2. The van der Waals surface area contributed by atoms with E-state index in [2.05, 4.69) is 13.8 Å². The van der Waals surface area contributed by atoms with E-state index < -0.39 is 8.56 Å². The van der Waals surface area contributed by atoms with Gasteiger partial charge in [0.1, 0.15) is 0 Å². The first-order chi connectivity index (χ1) is 9.80. The van der Waals surface area contributed by atoms with E-state index in [1.165, 1.54) is 57.8 Å². The number of allylic oxidation sites excluding steroid dienone is 2. The van der Waals surface area contributed by atoms with Crippen LogP contribution in [-0.2, 0) is 8.85 Å². The van der Waals surface area contributed by atoms with Gasteiger partial charge in [0.05, 0.1) is 0 Å². The quantitative estimate of drug-likeness (QED) is 0.650. The molecule has 1 atom stereocenters. The summed E-state index contributed by atoms with van der Waals surface area (Å²) < 4.78 is 13.0. The Morgan fingerprint density at radius 1 is 0.950 bits per heavy atom. The molecule has 0 radical (unpaired) electrons. The first-order valence-corrected chi connectivity index (χ1v) is 10.7. The van der Waals surface area contributed by atoms with Crippen molar-refractivity contribution in [3.05, 3.63) is 10.8 Å². The van der Waals surface area contributed by atoms with Crippen molar-refractivity contribution < 1.29 is 8.85 Å². The average molecular weight is 295 g/mol. The fourth-order valence-electron chi connectivity index (χ4n) is 4.81. The van der Waals surface area contributed by atoms with Crippen LogP contribution in [0.4, 0.5) is 0 Å². The molecule has 0 spiro atoms. The average Bonchev–Trinajstić information content (AvgIpc) is 3.11. The lowest BCUT2D eigenvalue weighted by Gasteiger charge is -2.41. The van der Waals surface area contributed by atoms with Gasteiger partial charge < -0.3 is 8.85 Å². The molecule has 3 rings (SSSR count). The molecule has 114 valence electrons. The summed E-state index contributed by atoms with van der Waals surface area (Å²) in [5.41, 5.74) is 2.46. The Bertz CT molecular complexity index is 365. The third-order valence-electron chi connectivity index (χ3n) is 5.59. The van der Waals surface area contributed by atoms with Crippen LogP contribution in [-0.4, -0.2) is 21.8 Å². The molecule has 2 nitrogen and oxygen atoms in total. The van der Waals surface area contributed by atoms with Crippen molar-refractivity contribution in [1.82, 2.24) is 0 Å². The molecule has 0 saturated heterocycles. The lowest BCUT2D eigenvalue weighted by atomic mass is 10.0. The molecule has 0 aromatic carbocycles. The van der Waals surface area contributed by atoms with Gasteiger partial charge in [-0.1, -0.05) is 24.8 Å². The van der Waals surface area contributed by atoms with Gasteiger partial charge in [0.15, 0.2) is 0 Å². The molecule has 1 unspecified atom stereocenters. The Morgan fingerprint density at radius 2 is 1.65 bits per heavy atom. The first-order valence-electron chi connectivity index (χ1n) is 8.79. The second-order valence-electron chi connectivity index (χ2n) is 6.76. The predicted octanol–water partition coefficient (Wildman–Crippen LogP) is 4.88. The summed E-state index contributed by atoms with van der Waals surface area (Å²) in [7, 11) is -2.14. The Morgan fingerprint density at radius 3 is 2.15 bits per heavy atom. The van der Waals surface area contributed by atoms with Crippen molar-refractivity contribution >= 4 is 8.56 Å². The van der Waals surface area contributed by atoms with Crippen molar-refractivity contribution in [2.24, 2.45) is 5.92 Å². The van der Waals surface area contributed by atoms with E-state index in [9.17, 15) is 0 Å².